The van der Waals surface area contributed by atoms with Crippen LogP contribution in [0.1, 0.15) is 49.2 Å². The molecule has 1 N–H and O–H groups in total. The van der Waals surface area contributed by atoms with E-state index < -0.39 is 0 Å². The number of hydrogen-bond donors (Lipinski definition) is 1. The molecule has 30 heavy (non-hydrogen) atoms. The molecule has 1 aliphatic carbocycles. The molecule has 1 aromatic carbocycles. The number of nitrogens with zero attached hydrogens (tertiary/aromatic N) is 3. The van der Waals surface area contributed by atoms with Crippen molar-refractivity contribution in [1.29, 1.82) is 0 Å². The first kappa shape index (κ1) is 19.1. The Morgan fingerprint density at radius 2 is 1.83 bits per heavy atom. The maximum absolute atomic E-state index is 5.87. The molecule has 1 saturated carbocycles. The maximum Gasteiger partial charge on any atom is 0.170 e. The van der Waals surface area contributed by atoms with E-state index >= 15 is 0 Å². The van der Waals surface area contributed by atoms with Crippen LogP contribution in [-0.2, 0) is 0 Å². The number of aromatic nitrogens is 2. The second-order valence-electron chi connectivity index (χ2n) is 7.95. The van der Waals surface area contributed by atoms with Crippen molar-refractivity contribution in [1.82, 2.24) is 19.8 Å². The highest BCUT2D eigenvalue weighted by molar-refractivity contribution is 7.80. The number of benzene rings is 1. The summed E-state index contributed by atoms with van der Waals surface area (Å²) in [6.45, 7) is 0. The van der Waals surface area contributed by atoms with Gasteiger partial charge in [0.05, 0.1) is 30.6 Å². The zero-order valence-electron chi connectivity index (χ0n) is 17.1. The predicted molar refractivity (Wildman–Crippen MR) is 122 cm³/mol. The van der Waals surface area contributed by atoms with Crippen LogP contribution < -0.4 is 10.1 Å². The first-order valence-electron chi connectivity index (χ1n) is 10.6. The molecule has 3 heterocycles. The molecule has 5 rings (SSSR count). The van der Waals surface area contributed by atoms with Gasteiger partial charge in [-0.15, -0.1) is 0 Å². The summed E-state index contributed by atoms with van der Waals surface area (Å²) in [6, 6.07) is 19.1. The average molecular weight is 419 g/mol. The highest BCUT2D eigenvalue weighted by atomic mass is 32.1. The molecule has 0 amide bonds. The van der Waals surface area contributed by atoms with Crippen molar-refractivity contribution in [2.45, 2.75) is 43.8 Å². The van der Waals surface area contributed by atoms with E-state index in [1.807, 2.05) is 36.5 Å². The molecule has 1 aliphatic heterocycles. The minimum absolute atomic E-state index is 0.00246. The van der Waals surface area contributed by atoms with Crippen molar-refractivity contribution >= 4 is 17.3 Å². The van der Waals surface area contributed by atoms with Gasteiger partial charge >= 0.3 is 0 Å². The zero-order valence-corrected chi connectivity index (χ0v) is 17.9. The molecule has 0 bridgehead atoms. The molecule has 0 unspecified atom stereocenters. The van der Waals surface area contributed by atoms with Crippen LogP contribution in [0.3, 0.4) is 0 Å². The SMILES string of the molecule is COc1ccccc1-n1cccc1[C@H]1[C@H](c2ccccn2)NC(=S)N1C1CCCC1. The van der Waals surface area contributed by atoms with Gasteiger partial charge in [0.2, 0.25) is 0 Å². The molecule has 5 nitrogen and oxygen atoms in total. The number of rotatable bonds is 5. The van der Waals surface area contributed by atoms with Crippen molar-refractivity contribution in [2.75, 3.05) is 7.11 Å². The largest absolute Gasteiger partial charge is 0.495 e. The van der Waals surface area contributed by atoms with Crippen molar-refractivity contribution in [3.8, 4) is 11.4 Å². The van der Waals surface area contributed by atoms with Crippen molar-refractivity contribution in [2.24, 2.45) is 0 Å². The molecule has 0 radical (unpaired) electrons. The van der Waals surface area contributed by atoms with Gasteiger partial charge in [-0.05, 0) is 61.5 Å². The fraction of sp³-hybridized carbons (Fsp3) is 0.333. The third kappa shape index (κ3) is 3.25. The second-order valence-corrected chi connectivity index (χ2v) is 8.33. The summed E-state index contributed by atoms with van der Waals surface area (Å²) < 4.78 is 7.89. The molecular formula is C24H26N4OS. The molecule has 2 atom stereocenters. The van der Waals surface area contributed by atoms with E-state index in [0.29, 0.717) is 6.04 Å². The summed E-state index contributed by atoms with van der Waals surface area (Å²) in [5.41, 5.74) is 3.23. The number of nitrogens with one attached hydrogen (secondary N) is 1. The van der Waals surface area contributed by atoms with Gasteiger partial charge in [0, 0.05) is 24.1 Å². The fourth-order valence-electron chi connectivity index (χ4n) is 4.94. The lowest BCUT2D eigenvalue weighted by atomic mass is 9.99. The Labute approximate surface area is 182 Å². The number of para-hydroxylation sites is 2. The van der Waals surface area contributed by atoms with E-state index in [-0.39, 0.29) is 12.1 Å². The van der Waals surface area contributed by atoms with E-state index in [1.165, 1.54) is 31.4 Å². The molecule has 2 aromatic heterocycles. The highest BCUT2D eigenvalue weighted by Gasteiger charge is 2.44. The summed E-state index contributed by atoms with van der Waals surface area (Å²) in [4.78, 5) is 7.10. The molecule has 3 aromatic rings. The molecule has 2 aliphatic rings. The summed E-state index contributed by atoms with van der Waals surface area (Å²) in [7, 11) is 1.72. The Hall–Kier alpha value is -2.86. The highest BCUT2D eigenvalue weighted by Crippen LogP contribution is 2.43. The molecule has 6 heteroatoms. The quantitative estimate of drug-likeness (QED) is 0.603. The average Bonchev–Trinajstić information content (AvgIpc) is 3.53. The van der Waals surface area contributed by atoms with Gasteiger partial charge < -0.3 is 19.5 Å². The van der Waals surface area contributed by atoms with E-state index in [1.54, 1.807) is 7.11 Å². The monoisotopic (exact) mass is 418 g/mol. The van der Waals surface area contributed by atoms with Crippen LogP contribution in [0.25, 0.3) is 5.69 Å². The number of hydrogen-bond acceptors (Lipinski definition) is 3. The van der Waals surface area contributed by atoms with Crippen molar-refractivity contribution in [3.63, 3.8) is 0 Å². The normalized spacial score (nSPS) is 21.8. The number of thiocarbonyl (C=S) groups is 1. The molecule has 154 valence electrons. The minimum atomic E-state index is 0.00246. The van der Waals surface area contributed by atoms with Crippen LogP contribution in [0.5, 0.6) is 5.75 Å². The third-order valence-electron chi connectivity index (χ3n) is 6.28. The van der Waals surface area contributed by atoms with Gasteiger partial charge in [-0.2, -0.15) is 0 Å². The summed E-state index contributed by atoms with van der Waals surface area (Å²) in [5.74, 6) is 0.852. The Bertz CT molecular complexity index is 1030. The van der Waals surface area contributed by atoms with Gasteiger partial charge in [0.1, 0.15) is 5.75 Å². The third-order valence-corrected chi connectivity index (χ3v) is 6.61. The van der Waals surface area contributed by atoms with Gasteiger partial charge in [-0.3, -0.25) is 4.98 Å². The molecule has 0 spiro atoms. The first-order chi connectivity index (χ1) is 14.8. The summed E-state index contributed by atoms with van der Waals surface area (Å²) >= 11 is 5.87. The van der Waals surface area contributed by atoms with Crippen molar-refractivity contribution in [3.05, 3.63) is 78.4 Å². The summed E-state index contributed by atoms with van der Waals surface area (Å²) in [5, 5.41) is 4.42. The lowest BCUT2D eigenvalue weighted by Gasteiger charge is -2.33. The van der Waals surface area contributed by atoms with Crippen LogP contribution in [0.15, 0.2) is 67.0 Å². The van der Waals surface area contributed by atoms with E-state index in [2.05, 4.69) is 50.2 Å². The minimum Gasteiger partial charge on any atom is -0.495 e. The van der Waals surface area contributed by atoms with Gasteiger partial charge in [-0.25, -0.2) is 0 Å². The smallest absolute Gasteiger partial charge is 0.170 e. The van der Waals surface area contributed by atoms with Gasteiger partial charge in [0.15, 0.2) is 5.11 Å². The first-order valence-corrected chi connectivity index (χ1v) is 11.0. The topological polar surface area (TPSA) is 42.3 Å². The number of pyridine rings is 1. The zero-order chi connectivity index (χ0) is 20.5. The Morgan fingerprint density at radius 1 is 1.03 bits per heavy atom. The van der Waals surface area contributed by atoms with Crippen LogP contribution in [0, 0.1) is 0 Å². The van der Waals surface area contributed by atoms with Crippen LogP contribution >= 0.6 is 12.2 Å². The predicted octanol–water partition coefficient (Wildman–Crippen LogP) is 4.80. The Kier molecular flexibility index (Phi) is 5.17. The molecule has 1 saturated heterocycles. The van der Waals surface area contributed by atoms with E-state index in [9.17, 15) is 0 Å². The van der Waals surface area contributed by atoms with E-state index in [0.717, 1.165) is 22.2 Å². The number of methoxy groups -OCH3 is 1. The van der Waals surface area contributed by atoms with Crippen molar-refractivity contribution < 1.29 is 4.74 Å². The standard InChI is InChI=1S/C24H26N4OS/c1-29-21-14-5-4-12-19(21)27-16-8-13-20(27)23-22(18-11-6-7-15-25-18)26-24(30)28(23)17-9-2-3-10-17/h4-8,11-17,22-23H,2-3,9-10H2,1H3,(H,26,30)/t22-,23-/m0/s1. The molecule has 2 fully saturated rings. The van der Waals surface area contributed by atoms with Crippen LogP contribution in [0.4, 0.5) is 0 Å². The number of ether oxygens (including phenoxy) is 1. The van der Waals surface area contributed by atoms with Gasteiger partial charge in [-0.1, -0.05) is 31.0 Å². The Balaban J connectivity index is 1.64. The fourth-order valence-corrected chi connectivity index (χ4v) is 5.33. The maximum atomic E-state index is 5.87. The van der Waals surface area contributed by atoms with E-state index in [4.69, 9.17) is 17.0 Å². The molecular weight excluding hydrogens is 392 g/mol. The van der Waals surface area contributed by atoms with Crippen LogP contribution in [-0.4, -0.2) is 32.7 Å². The summed E-state index contributed by atoms with van der Waals surface area (Å²) in [6.07, 6.45) is 8.85. The van der Waals surface area contributed by atoms with Crippen LogP contribution in [0.2, 0.25) is 0 Å². The Morgan fingerprint density at radius 3 is 2.60 bits per heavy atom. The lowest BCUT2D eigenvalue weighted by molar-refractivity contribution is 0.239. The second kappa shape index (κ2) is 8.11. The van der Waals surface area contributed by atoms with Gasteiger partial charge in [0.25, 0.3) is 0 Å². The lowest BCUT2D eigenvalue weighted by Crippen LogP contribution is -2.38.